The van der Waals surface area contributed by atoms with Crippen LogP contribution in [0.5, 0.6) is 0 Å². The van der Waals surface area contributed by atoms with Crippen molar-refractivity contribution in [2.75, 3.05) is 19.6 Å². The molecule has 0 saturated carbocycles. The molecule has 2 aliphatic rings. The van der Waals surface area contributed by atoms with Crippen molar-refractivity contribution in [3.8, 4) is 0 Å². The summed E-state index contributed by atoms with van der Waals surface area (Å²) in [7, 11) is 0. The van der Waals surface area contributed by atoms with Crippen molar-refractivity contribution in [1.29, 1.82) is 0 Å². The number of hydrogen-bond donors (Lipinski definition) is 2. The summed E-state index contributed by atoms with van der Waals surface area (Å²) in [6.07, 6.45) is 5.48. The molecule has 0 radical (unpaired) electrons. The average Bonchev–Trinajstić information content (AvgIpc) is 2.54. The van der Waals surface area contributed by atoms with Gasteiger partial charge >= 0.3 is 0 Å². The molecule has 2 N–H and O–H groups in total. The van der Waals surface area contributed by atoms with Crippen LogP contribution in [0, 0.1) is 5.92 Å². The van der Waals surface area contributed by atoms with Gasteiger partial charge in [-0.2, -0.15) is 0 Å². The summed E-state index contributed by atoms with van der Waals surface area (Å²) in [5.74, 6) is 0.833. The van der Waals surface area contributed by atoms with Gasteiger partial charge in [0.2, 0.25) is 0 Å². The van der Waals surface area contributed by atoms with E-state index in [1.54, 1.807) is 0 Å². The van der Waals surface area contributed by atoms with Gasteiger partial charge in [-0.25, -0.2) is 0 Å². The molecule has 14 heavy (non-hydrogen) atoms. The summed E-state index contributed by atoms with van der Waals surface area (Å²) in [6.45, 7) is 10.2. The monoisotopic (exact) mass is 198 g/mol. The van der Waals surface area contributed by atoms with Crippen molar-refractivity contribution in [1.82, 2.24) is 10.6 Å². The van der Waals surface area contributed by atoms with Gasteiger partial charge in [-0.3, -0.25) is 0 Å². The van der Waals surface area contributed by atoms with E-state index in [-0.39, 0.29) is 0 Å². The summed E-state index contributed by atoms with van der Waals surface area (Å²) in [6, 6.07) is 0. The highest BCUT2D eigenvalue weighted by Gasteiger charge is 2.33. The van der Waals surface area contributed by atoms with Crippen LogP contribution in [0.3, 0.4) is 0 Å². The second-order valence-electron chi connectivity index (χ2n) is 5.29. The lowest BCUT2D eigenvalue weighted by Gasteiger charge is -2.33. The van der Waals surface area contributed by atoms with Crippen molar-refractivity contribution >= 4 is 0 Å². The Bertz CT molecular complexity index is 138. The van der Waals surface area contributed by atoms with E-state index in [0.29, 0.717) is 5.54 Å². The predicted molar refractivity (Wildman–Crippen MR) is 62.6 cm³/mol. The fourth-order valence-electron chi connectivity index (χ4n) is 2.20. The van der Waals surface area contributed by atoms with Crippen LogP contribution >= 0.6 is 0 Å². The summed E-state index contributed by atoms with van der Waals surface area (Å²) < 4.78 is 0. The molecule has 0 atom stereocenters. The first-order valence-corrected chi connectivity index (χ1v) is 6.10. The van der Waals surface area contributed by atoms with Crippen LogP contribution in [-0.2, 0) is 0 Å². The first-order chi connectivity index (χ1) is 6.65. The third kappa shape index (κ3) is 3.97. The van der Waals surface area contributed by atoms with Crippen molar-refractivity contribution < 1.29 is 0 Å². The molecule has 2 nitrogen and oxygen atoms in total. The van der Waals surface area contributed by atoms with Gasteiger partial charge in [0.1, 0.15) is 0 Å². The summed E-state index contributed by atoms with van der Waals surface area (Å²) >= 11 is 0. The highest BCUT2D eigenvalue weighted by molar-refractivity contribution is 4.95. The van der Waals surface area contributed by atoms with Crippen LogP contribution in [-0.4, -0.2) is 25.2 Å². The van der Waals surface area contributed by atoms with Crippen molar-refractivity contribution in [2.45, 2.75) is 52.0 Å². The molecule has 2 saturated heterocycles. The SMILES string of the molecule is C1CNC2(C1)CCNCC2.CC(C)C. The Balaban J connectivity index is 0.000000213. The predicted octanol–water partition coefficient (Wildman–Crippen LogP) is 2.15. The second-order valence-corrected chi connectivity index (χ2v) is 5.29. The normalized spacial score (nSPS) is 24.9. The molecule has 0 aliphatic carbocycles. The molecular weight excluding hydrogens is 172 g/mol. The van der Waals surface area contributed by atoms with Crippen LogP contribution in [0.4, 0.5) is 0 Å². The van der Waals surface area contributed by atoms with Gasteiger partial charge in [0.15, 0.2) is 0 Å². The minimum absolute atomic E-state index is 0.561. The Hall–Kier alpha value is -0.0800. The number of rotatable bonds is 0. The summed E-state index contributed by atoms with van der Waals surface area (Å²) in [5, 5.41) is 7.03. The second kappa shape index (κ2) is 5.72. The van der Waals surface area contributed by atoms with Gasteiger partial charge in [-0.05, 0) is 51.2 Å². The average molecular weight is 198 g/mol. The van der Waals surface area contributed by atoms with E-state index in [4.69, 9.17) is 0 Å². The largest absolute Gasteiger partial charge is 0.317 e. The molecular formula is C12H26N2. The van der Waals surface area contributed by atoms with Crippen LogP contribution in [0.2, 0.25) is 0 Å². The van der Waals surface area contributed by atoms with Crippen LogP contribution in [0.1, 0.15) is 46.5 Å². The third-order valence-corrected chi connectivity index (χ3v) is 2.89. The molecule has 0 aromatic carbocycles. The maximum atomic E-state index is 3.63. The third-order valence-electron chi connectivity index (χ3n) is 2.89. The zero-order chi connectivity index (χ0) is 10.4. The van der Waals surface area contributed by atoms with E-state index in [2.05, 4.69) is 31.4 Å². The number of hydrogen-bond acceptors (Lipinski definition) is 2. The van der Waals surface area contributed by atoms with Crippen LogP contribution in [0.25, 0.3) is 0 Å². The lowest BCUT2D eigenvalue weighted by Crippen LogP contribution is -2.48. The highest BCUT2D eigenvalue weighted by atomic mass is 15.0. The van der Waals surface area contributed by atoms with Gasteiger partial charge in [-0.1, -0.05) is 20.8 Å². The van der Waals surface area contributed by atoms with Crippen molar-refractivity contribution in [3.63, 3.8) is 0 Å². The molecule has 2 aliphatic heterocycles. The quantitative estimate of drug-likeness (QED) is 0.623. The number of piperidine rings is 1. The zero-order valence-electron chi connectivity index (χ0n) is 10.0. The maximum Gasteiger partial charge on any atom is 0.0206 e. The summed E-state index contributed by atoms with van der Waals surface area (Å²) in [4.78, 5) is 0. The molecule has 2 heteroatoms. The van der Waals surface area contributed by atoms with Gasteiger partial charge in [0.05, 0.1) is 0 Å². The fraction of sp³-hybridized carbons (Fsp3) is 1.00. The first kappa shape index (κ1) is 12.0. The Morgan fingerprint density at radius 1 is 0.929 bits per heavy atom. The van der Waals surface area contributed by atoms with Gasteiger partial charge in [-0.15, -0.1) is 0 Å². The standard InChI is InChI=1S/C8H16N2.C4H10/c1-2-8(10-5-1)3-6-9-7-4-8;1-4(2)3/h9-10H,1-7H2;4H,1-3H3. The minimum Gasteiger partial charge on any atom is -0.317 e. The molecule has 0 aromatic heterocycles. The van der Waals surface area contributed by atoms with E-state index >= 15 is 0 Å². The fourth-order valence-corrected chi connectivity index (χ4v) is 2.20. The van der Waals surface area contributed by atoms with Crippen LogP contribution < -0.4 is 10.6 Å². The van der Waals surface area contributed by atoms with Crippen molar-refractivity contribution in [3.05, 3.63) is 0 Å². The smallest absolute Gasteiger partial charge is 0.0206 e. The van der Waals surface area contributed by atoms with Crippen molar-refractivity contribution in [2.24, 2.45) is 5.92 Å². The Kier molecular flexibility index (Phi) is 4.90. The zero-order valence-corrected chi connectivity index (χ0v) is 10.0. The molecule has 84 valence electrons. The van der Waals surface area contributed by atoms with Crippen LogP contribution in [0.15, 0.2) is 0 Å². The number of nitrogens with one attached hydrogen (secondary N) is 2. The summed E-state index contributed by atoms with van der Waals surface area (Å²) in [5.41, 5.74) is 0.561. The molecule has 0 amide bonds. The highest BCUT2D eigenvalue weighted by Crippen LogP contribution is 2.27. The van der Waals surface area contributed by atoms with E-state index < -0.39 is 0 Å². The molecule has 2 fully saturated rings. The van der Waals surface area contributed by atoms with Gasteiger partial charge < -0.3 is 10.6 Å². The minimum atomic E-state index is 0.561. The van der Waals surface area contributed by atoms with E-state index in [9.17, 15) is 0 Å². The molecule has 0 aromatic rings. The molecule has 0 unspecified atom stereocenters. The maximum absolute atomic E-state index is 3.63. The lowest BCUT2D eigenvalue weighted by molar-refractivity contribution is 0.277. The first-order valence-electron chi connectivity index (χ1n) is 6.10. The topological polar surface area (TPSA) is 24.1 Å². The Labute approximate surface area is 88.8 Å². The molecule has 0 bridgehead atoms. The molecule has 1 spiro atoms. The lowest BCUT2D eigenvalue weighted by atomic mass is 9.87. The molecule has 2 rings (SSSR count). The van der Waals surface area contributed by atoms with E-state index in [1.165, 1.54) is 45.3 Å². The Morgan fingerprint density at radius 3 is 1.93 bits per heavy atom. The van der Waals surface area contributed by atoms with E-state index in [1.807, 2.05) is 0 Å². The molecule has 2 heterocycles. The Morgan fingerprint density at radius 2 is 1.50 bits per heavy atom. The van der Waals surface area contributed by atoms with E-state index in [0.717, 1.165) is 5.92 Å². The van der Waals surface area contributed by atoms with Gasteiger partial charge in [0.25, 0.3) is 0 Å². The van der Waals surface area contributed by atoms with Gasteiger partial charge in [0, 0.05) is 5.54 Å².